The minimum absolute atomic E-state index is 0.000929. The average Bonchev–Trinajstić information content (AvgIpc) is 2.68. The fourth-order valence-corrected chi connectivity index (χ4v) is 3.02. The summed E-state index contributed by atoms with van der Waals surface area (Å²) in [6, 6.07) is 11.2. The van der Waals surface area contributed by atoms with Crippen molar-refractivity contribution in [2.75, 3.05) is 11.9 Å². The van der Waals surface area contributed by atoms with E-state index in [1.165, 1.54) is 10.9 Å². The summed E-state index contributed by atoms with van der Waals surface area (Å²) >= 11 is 0. The van der Waals surface area contributed by atoms with Crippen molar-refractivity contribution in [3.8, 4) is 0 Å². The van der Waals surface area contributed by atoms with Gasteiger partial charge in [0.2, 0.25) is 0 Å². The molecule has 1 heterocycles. The lowest BCUT2D eigenvalue weighted by molar-refractivity contribution is -0.128. The van der Waals surface area contributed by atoms with Crippen LogP contribution in [0.1, 0.15) is 16.7 Å². The first-order valence-electron chi connectivity index (χ1n) is 9.18. The van der Waals surface area contributed by atoms with E-state index in [2.05, 4.69) is 21.2 Å². The fraction of sp³-hybridized carbons (Fsp3) is 0.238. The molecule has 3 rings (SSSR count). The van der Waals surface area contributed by atoms with Gasteiger partial charge in [-0.1, -0.05) is 29.8 Å². The highest BCUT2D eigenvalue weighted by molar-refractivity contribution is 5.85. The Morgan fingerprint density at radius 1 is 1.00 bits per heavy atom. The molecule has 3 aromatic rings. The van der Waals surface area contributed by atoms with Gasteiger partial charge in [0.15, 0.2) is 0 Å². The van der Waals surface area contributed by atoms with Crippen LogP contribution < -0.4 is 21.7 Å². The Labute approximate surface area is 167 Å². The minimum Gasteiger partial charge on any atom is -0.376 e. The second kappa shape index (κ2) is 8.55. The molecule has 0 saturated heterocycles. The molecule has 2 amide bonds. The Hall–Kier alpha value is -3.68. The summed E-state index contributed by atoms with van der Waals surface area (Å²) in [5, 5.41) is 3.47. The molecule has 8 nitrogen and oxygen atoms in total. The largest absolute Gasteiger partial charge is 0.376 e. The van der Waals surface area contributed by atoms with E-state index in [9.17, 15) is 14.4 Å². The molecule has 0 saturated carbocycles. The van der Waals surface area contributed by atoms with Crippen LogP contribution in [0.5, 0.6) is 0 Å². The van der Waals surface area contributed by atoms with Crippen molar-refractivity contribution < 1.29 is 9.59 Å². The standard InChI is InChI=1S/C21H23N5O3/c1-13-7-8-17(15(3)9-13)22-10-18(27)24-25-19(28)11-26-12-23-20-14(2)5-4-6-16(20)21(26)29/h4-9,12,22H,10-11H2,1-3H3,(H,24,27)(H,25,28). The monoisotopic (exact) mass is 393 g/mol. The Bertz CT molecular complexity index is 1140. The number of hydrogen-bond acceptors (Lipinski definition) is 5. The van der Waals surface area contributed by atoms with E-state index >= 15 is 0 Å². The second-order valence-electron chi connectivity index (χ2n) is 6.92. The maximum atomic E-state index is 12.5. The summed E-state index contributed by atoms with van der Waals surface area (Å²) in [6.45, 7) is 5.57. The van der Waals surface area contributed by atoms with Gasteiger partial charge in [-0.05, 0) is 44.0 Å². The van der Waals surface area contributed by atoms with E-state index in [0.29, 0.717) is 10.9 Å². The van der Waals surface area contributed by atoms with Gasteiger partial charge in [-0.2, -0.15) is 0 Å². The van der Waals surface area contributed by atoms with E-state index in [-0.39, 0.29) is 18.6 Å². The number of hydrazine groups is 1. The molecule has 8 heteroatoms. The summed E-state index contributed by atoms with van der Waals surface area (Å²) in [5.74, 6) is -0.932. The Kier molecular flexibility index (Phi) is 5.92. The Morgan fingerprint density at radius 2 is 1.76 bits per heavy atom. The zero-order valence-corrected chi connectivity index (χ0v) is 16.6. The summed E-state index contributed by atoms with van der Waals surface area (Å²) in [7, 11) is 0. The van der Waals surface area contributed by atoms with Crippen LogP contribution in [0, 0.1) is 20.8 Å². The Balaban J connectivity index is 1.54. The van der Waals surface area contributed by atoms with Crippen LogP contribution in [0.2, 0.25) is 0 Å². The second-order valence-corrected chi connectivity index (χ2v) is 6.92. The first-order valence-corrected chi connectivity index (χ1v) is 9.18. The quantitative estimate of drug-likeness (QED) is 0.571. The van der Waals surface area contributed by atoms with Crippen molar-refractivity contribution in [2.24, 2.45) is 0 Å². The molecule has 0 aliphatic carbocycles. The molecule has 0 fully saturated rings. The highest BCUT2D eigenvalue weighted by Crippen LogP contribution is 2.15. The molecule has 0 aliphatic rings. The van der Waals surface area contributed by atoms with Gasteiger partial charge in [0, 0.05) is 5.69 Å². The topological polar surface area (TPSA) is 105 Å². The number of carbonyl (C=O) groups is 2. The lowest BCUT2D eigenvalue weighted by Crippen LogP contribution is -2.46. The van der Waals surface area contributed by atoms with Crippen LogP contribution in [-0.2, 0) is 16.1 Å². The molecular weight excluding hydrogens is 370 g/mol. The number of benzene rings is 2. The number of para-hydroxylation sites is 1. The van der Waals surface area contributed by atoms with Crippen molar-refractivity contribution in [3.05, 3.63) is 69.8 Å². The molecule has 0 spiro atoms. The molecule has 0 aliphatic heterocycles. The number of fused-ring (bicyclic) bond motifs is 1. The summed E-state index contributed by atoms with van der Waals surface area (Å²) in [5.41, 5.74) is 8.85. The van der Waals surface area contributed by atoms with Crippen LogP contribution in [0.15, 0.2) is 47.5 Å². The van der Waals surface area contributed by atoms with Gasteiger partial charge in [0.05, 0.1) is 23.8 Å². The lowest BCUT2D eigenvalue weighted by Gasteiger charge is -2.12. The number of nitrogens with one attached hydrogen (secondary N) is 3. The number of carbonyl (C=O) groups excluding carboxylic acids is 2. The smallest absolute Gasteiger partial charge is 0.261 e. The van der Waals surface area contributed by atoms with E-state index in [0.717, 1.165) is 22.4 Å². The molecule has 29 heavy (non-hydrogen) atoms. The predicted octanol–water partition coefficient (Wildman–Crippen LogP) is 1.58. The van der Waals surface area contributed by atoms with Crippen molar-refractivity contribution in [1.29, 1.82) is 0 Å². The van der Waals surface area contributed by atoms with E-state index in [1.54, 1.807) is 12.1 Å². The first kappa shape index (κ1) is 20.1. The summed E-state index contributed by atoms with van der Waals surface area (Å²) in [6.07, 6.45) is 1.33. The van der Waals surface area contributed by atoms with Crippen LogP contribution >= 0.6 is 0 Å². The number of amides is 2. The third-order valence-corrected chi connectivity index (χ3v) is 4.53. The van der Waals surface area contributed by atoms with Crippen molar-refractivity contribution in [1.82, 2.24) is 20.4 Å². The number of aryl methyl sites for hydroxylation is 3. The molecule has 2 aromatic carbocycles. The van der Waals surface area contributed by atoms with Gasteiger partial charge in [0.25, 0.3) is 17.4 Å². The number of rotatable bonds is 5. The highest BCUT2D eigenvalue weighted by Gasteiger charge is 2.10. The first-order chi connectivity index (χ1) is 13.8. The molecule has 0 atom stereocenters. The number of aromatic nitrogens is 2. The third kappa shape index (κ3) is 4.78. The maximum absolute atomic E-state index is 12.5. The van der Waals surface area contributed by atoms with Crippen molar-refractivity contribution in [2.45, 2.75) is 27.3 Å². The molecule has 1 aromatic heterocycles. The SMILES string of the molecule is Cc1ccc(NCC(=O)NNC(=O)Cn2cnc3c(C)cccc3c2=O)c(C)c1. The predicted molar refractivity (Wildman–Crippen MR) is 111 cm³/mol. The fourth-order valence-electron chi connectivity index (χ4n) is 3.02. The molecule has 0 bridgehead atoms. The van der Waals surface area contributed by atoms with Crippen LogP contribution in [0.4, 0.5) is 5.69 Å². The molecule has 3 N–H and O–H groups in total. The van der Waals surface area contributed by atoms with E-state index < -0.39 is 11.8 Å². The normalized spacial score (nSPS) is 10.6. The molecular formula is C21H23N5O3. The third-order valence-electron chi connectivity index (χ3n) is 4.53. The van der Waals surface area contributed by atoms with Gasteiger partial charge in [-0.3, -0.25) is 29.8 Å². The number of hydrogen-bond donors (Lipinski definition) is 3. The molecule has 0 radical (unpaired) electrons. The zero-order valence-electron chi connectivity index (χ0n) is 16.6. The zero-order chi connectivity index (χ0) is 21.0. The van der Waals surface area contributed by atoms with E-state index in [1.807, 2.05) is 45.0 Å². The van der Waals surface area contributed by atoms with Crippen LogP contribution in [0.3, 0.4) is 0 Å². The lowest BCUT2D eigenvalue weighted by atomic mass is 10.1. The maximum Gasteiger partial charge on any atom is 0.261 e. The van der Waals surface area contributed by atoms with Gasteiger partial charge in [-0.15, -0.1) is 0 Å². The highest BCUT2D eigenvalue weighted by atomic mass is 16.2. The summed E-state index contributed by atoms with van der Waals surface area (Å²) < 4.78 is 1.21. The summed E-state index contributed by atoms with van der Waals surface area (Å²) in [4.78, 5) is 40.8. The van der Waals surface area contributed by atoms with Crippen LogP contribution in [-0.4, -0.2) is 27.9 Å². The minimum atomic E-state index is -0.527. The number of nitrogens with zero attached hydrogens (tertiary/aromatic N) is 2. The van der Waals surface area contributed by atoms with Crippen molar-refractivity contribution in [3.63, 3.8) is 0 Å². The average molecular weight is 393 g/mol. The van der Waals surface area contributed by atoms with E-state index in [4.69, 9.17) is 0 Å². The van der Waals surface area contributed by atoms with Gasteiger partial charge in [0.1, 0.15) is 6.54 Å². The van der Waals surface area contributed by atoms with Crippen LogP contribution in [0.25, 0.3) is 10.9 Å². The van der Waals surface area contributed by atoms with Gasteiger partial charge < -0.3 is 5.32 Å². The molecule has 150 valence electrons. The Morgan fingerprint density at radius 3 is 2.52 bits per heavy atom. The van der Waals surface area contributed by atoms with Crippen molar-refractivity contribution >= 4 is 28.4 Å². The van der Waals surface area contributed by atoms with Gasteiger partial charge >= 0.3 is 0 Å². The number of anilines is 1. The molecule has 0 unspecified atom stereocenters. The van der Waals surface area contributed by atoms with Gasteiger partial charge in [-0.25, -0.2) is 4.98 Å².